The van der Waals surface area contributed by atoms with Gasteiger partial charge in [-0.05, 0) is 31.5 Å². The van der Waals surface area contributed by atoms with Crippen LogP contribution < -0.4 is 4.74 Å². The second-order valence-electron chi connectivity index (χ2n) is 4.87. The van der Waals surface area contributed by atoms with Crippen molar-refractivity contribution in [2.75, 3.05) is 20.3 Å². The summed E-state index contributed by atoms with van der Waals surface area (Å²) in [5.74, 6) is 0.813. The number of ether oxygens (including phenoxy) is 2. The van der Waals surface area contributed by atoms with E-state index in [9.17, 15) is 5.11 Å². The Kier molecular flexibility index (Phi) is 2.68. The number of benzene rings is 1. The largest absolute Gasteiger partial charge is 0.497 e. The molecule has 1 fully saturated rings. The third-order valence-electron chi connectivity index (χ3n) is 3.49. The molecule has 0 atom stereocenters. The average molecular weight is 222 g/mol. The minimum absolute atomic E-state index is 0.304. The van der Waals surface area contributed by atoms with Crippen molar-refractivity contribution >= 4 is 0 Å². The summed E-state index contributed by atoms with van der Waals surface area (Å²) in [6.07, 6.45) is 0. The smallest absolute Gasteiger partial charge is 0.119 e. The molecule has 0 saturated carbocycles. The summed E-state index contributed by atoms with van der Waals surface area (Å²) in [4.78, 5) is 0. The molecule has 1 heterocycles. The Morgan fingerprint density at radius 2 is 2.06 bits per heavy atom. The lowest BCUT2D eigenvalue weighted by Gasteiger charge is -2.50. The highest BCUT2D eigenvalue weighted by molar-refractivity contribution is 5.37. The quantitative estimate of drug-likeness (QED) is 0.846. The highest BCUT2D eigenvalue weighted by atomic mass is 16.5. The monoisotopic (exact) mass is 222 g/mol. The van der Waals surface area contributed by atoms with Crippen LogP contribution in [0.25, 0.3) is 0 Å². The topological polar surface area (TPSA) is 38.7 Å². The van der Waals surface area contributed by atoms with Crippen LogP contribution in [-0.2, 0) is 10.2 Å². The summed E-state index contributed by atoms with van der Waals surface area (Å²) in [5, 5.41) is 10.3. The van der Waals surface area contributed by atoms with Crippen LogP contribution in [0.2, 0.25) is 0 Å². The fraction of sp³-hybridized carbons (Fsp3) is 0.538. The van der Waals surface area contributed by atoms with Gasteiger partial charge >= 0.3 is 0 Å². The zero-order chi connectivity index (χ0) is 11.8. The molecule has 1 saturated heterocycles. The fourth-order valence-corrected chi connectivity index (χ4v) is 2.10. The maximum atomic E-state index is 10.3. The zero-order valence-electron chi connectivity index (χ0n) is 9.99. The fourth-order valence-electron chi connectivity index (χ4n) is 2.10. The molecule has 0 aliphatic carbocycles. The minimum atomic E-state index is -0.794. The van der Waals surface area contributed by atoms with Crippen LogP contribution in [-0.4, -0.2) is 31.0 Å². The zero-order valence-corrected chi connectivity index (χ0v) is 9.99. The van der Waals surface area contributed by atoms with Crippen LogP contribution in [0.5, 0.6) is 5.75 Å². The summed E-state index contributed by atoms with van der Waals surface area (Å²) in [6, 6.07) is 7.84. The van der Waals surface area contributed by atoms with Gasteiger partial charge in [-0.3, -0.25) is 0 Å². The van der Waals surface area contributed by atoms with Crippen molar-refractivity contribution in [3.8, 4) is 5.75 Å². The number of aliphatic hydroxyl groups is 1. The molecule has 1 N–H and O–H groups in total. The van der Waals surface area contributed by atoms with E-state index in [2.05, 4.69) is 0 Å². The Hall–Kier alpha value is -1.06. The van der Waals surface area contributed by atoms with Crippen molar-refractivity contribution in [1.82, 2.24) is 0 Å². The van der Waals surface area contributed by atoms with Crippen molar-refractivity contribution in [3.63, 3.8) is 0 Å². The van der Waals surface area contributed by atoms with Crippen molar-refractivity contribution in [2.24, 2.45) is 0 Å². The lowest BCUT2D eigenvalue weighted by Crippen LogP contribution is -2.60. The third kappa shape index (κ3) is 1.60. The van der Waals surface area contributed by atoms with Gasteiger partial charge in [0.15, 0.2) is 0 Å². The average Bonchev–Trinajstić information content (AvgIpc) is 2.14. The first-order valence-electron chi connectivity index (χ1n) is 5.44. The first-order valence-corrected chi connectivity index (χ1v) is 5.44. The molecular formula is C13H18O3. The lowest BCUT2D eigenvalue weighted by atomic mass is 9.67. The van der Waals surface area contributed by atoms with E-state index in [0.717, 1.165) is 11.3 Å². The predicted octanol–water partition coefficient (Wildman–Crippen LogP) is 1.73. The van der Waals surface area contributed by atoms with Gasteiger partial charge in [-0.2, -0.15) is 0 Å². The summed E-state index contributed by atoms with van der Waals surface area (Å²) in [6.45, 7) is 4.78. The molecule has 0 spiro atoms. The van der Waals surface area contributed by atoms with Gasteiger partial charge in [0.05, 0.1) is 31.3 Å². The van der Waals surface area contributed by atoms with Crippen LogP contribution >= 0.6 is 0 Å². The van der Waals surface area contributed by atoms with Gasteiger partial charge in [0.1, 0.15) is 5.75 Å². The molecule has 3 nitrogen and oxygen atoms in total. The first kappa shape index (κ1) is 11.4. The molecule has 3 heteroatoms. The van der Waals surface area contributed by atoms with E-state index < -0.39 is 5.60 Å². The van der Waals surface area contributed by atoms with Gasteiger partial charge in [-0.25, -0.2) is 0 Å². The van der Waals surface area contributed by atoms with Crippen molar-refractivity contribution in [2.45, 2.75) is 24.9 Å². The molecule has 1 aliphatic heterocycles. The van der Waals surface area contributed by atoms with Gasteiger partial charge in [0.2, 0.25) is 0 Å². The van der Waals surface area contributed by atoms with Crippen molar-refractivity contribution < 1.29 is 14.6 Å². The Bertz CT molecular complexity index is 375. The molecule has 0 bridgehead atoms. The van der Waals surface area contributed by atoms with Gasteiger partial charge in [0.25, 0.3) is 0 Å². The Morgan fingerprint density at radius 1 is 1.38 bits per heavy atom. The van der Waals surface area contributed by atoms with E-state index in [0.29, 0.717) is 13.2 Å². The Labute approximate surface area is 96.0 Å². The molecule has 0 radical (unpaired) electrons. The van der Waals surface area contributed by atoms with Crippen LogP contribution in [0.4, 0.5) is 0 Å². The number of hydrogen-bond donors (Lipinski definition) is 1. The molecule has 1 aliphatic rings. The van der Waals surface area contributed by atoms with Crippen molar-refractivity contribution in [1.29, 1.82) is 0 Å². The van der Waals surface area contributed by atoms with Gasteiger partial charge in [-0.15, -0.1) is 0 Å². The molecule has 0 aromatic heterocycles. The third-order valence-corrected chi connectivity index (χ3v) is 3.49. The van der Waals surface area contributed by atoms with Gasteiger partial charge < -0.3 is 14.6 Å². The Morgan fingerprint density at radius 3 is 2.50 bits per heavy atom. The molecule has 1 aromatic rings. The predicted molar refractivity (Wildman–Crippen MR) is 61.8 cm³/mol. The van der Waals surface area contributed by atoms with E-state index in [4.69, 9.17) is 9.47 Å². The van der Waals surface area contributed by atoms with E-state index in [1.54, 1.807) is 7.11 Å². The lowest BCUT2D eigenvalue weighted by molar-refractivity contribution is -0.157. The second-order valence-corrected chi connectivity index (χ2v) is 4.87. The maximum Gasteiger partial charge on any atom is 0.119 e. The first-order chi connectivity index (χ1) is 7.49. The number of hydrogen-bond acceptors (Lipinski definition) is 3. The SMILES string of the molecule is COc1cccc(C2(C(C)(C)O)COC2)c1. The molecule has 16 heavy (non-hydrogen) atoms. The highest BCUT2D eigenvalue weighted by Crippen LogP contribution is 2.42. The van der Waals surface area contributed by atoms with Crippen LogP contribution in [0, 0.1) is 0 Å². The molecule has 2 rings (SSSR count). The summed E-state index contributed by atoms with van der Waals surface area (Å²) in [5.41, 5.74) is -0.0234. The summed E-state index contributed by atoms with van der Waals surface area (Å²) < 4.78 is 10.5. The summed E-state index contributed by atoms with van der Waals surface area (Å²) >= 11 is 0. The van der Waals surface area contributed by atoms with Crippen LogP contribution in [0.1, 0.15) is 19.4 Å². The number of rotatable bonds is 3. The normalized spacial score (nSPS) is 19.0. The second kappa shape index (κ2) is 3.75. The maximum absolute atomic E-state index is 10.3. The highest BCUT2D eigenvalue weighted by Gasteiger charge is 2.51. The van der Waals surface area contributed by atoms with Crippen LogP contribution in [0.3, 0.4) is 0 Å². The molecule has 88 valence electrons. The molecular weight excluding hydrogens is 204 g/mol. The molecule has 0 amide bonds. The van der Waals surface area contributed by atoms with E-state index in [1.165, 1.54) is 0 Å². The van der Waals surface area contributed by atoms with Gasteiger partial charge in [0, 0.05) is 0 Å². The van der Waals surface area contributed by atoms with Crippen LogP contribution in [0.15, 0.2) is 24.3 Å². The number of methoxy groups -OCH3 is 1. The standard InChI is InChI=1S/C13H18O3/c1-12(2,14)13(8-16-9-13)10-5-4-6-11(7-10)15-3/h4-7,14H,8-9H2,1-3H3. The van der Waals surface area contributed by atoms with E-state index in [1.807, 2.05) is 38.1 Å². The molecule has 1 aromatic carbocycles. The Balaban J connectivity index is 2.41. The van der Waals surface area contributed by atoms with E-state index >= 15 is 0 Å². The minimum Gasteiger partial charge on any atom is -0.497 e. The summed E-state index contributed by atoms with van der Waals surface area (Å²) in [7, 11) is 1.65. The van der Waals surface area contributed by atoms with E-state index in [-0.39, 0.29) is 5.41 Å². The van der Waals surface area contributed by atoms with Crippen molar-refractivity contribution in [3.05, 3.63) is 29.8 Å². The molecule has 0 unspecified atom stereocenters. The van der Waals surface area contributed by atoms with Gasteiger partial charge in [-0.1, -0.05) is 12.1 Å².